The third kappa shape index (κ3) is 2.69. The Labute approximate surface area is 165 Å². The van der Waals surface area contributed by atoms with Crippen molar-refractivity contribution < 1.29 is 5.79 Å². The molecule has 0 amide bonds. The number of para-hydroxylation sites is 1. The van der Waals surface area contributed by atoms with Gasteiger partial charge in [-0.3, -0.25) is 4.98 Å². The average molecular weight is 364 g/mol. The van der Waals surface area contributed by atoms with Gasteiger partial charge in [0.1, 0.15) is 11.2 Å². The lowest BCUT2D eigenvalue weighted by molar-refractivity contribution is 0.670. The summed E-state index contributed by atoms with van der Waals surface area (Å²) in [7, 11) is 0. The lowest BCUT2D eigenvalue weighted by atomic mass is 9.95. The fourth-order valence-corrected chi connectivity index (χ4v) is 3.78. The molecule has 2 aromatic heterocycles. The van der Waals surface area contributed by atoms with Crippen molar-refractivity contribution >= 4 is 21.9 Å². The molecule has 0 aliphatic carbocycles. The van der Waals surface area contributed by atoms with Gasteiger partial charge in [-0.2, -0.15) is 0 Å². The van der Waals surface area contributed by atoms with E-state index < -0.39 is 5.89 Å². The van der Waals surface area contributed by atoms with Crippen LogP contribution in [-0.2, 0) is 0 Å². The van der Waals surface area contributed by atoms with Crippen LogP contribution in [0.15, 0.2) is 89.5 Å². The lowest BCUT2D eigenvalue weighted by Gasteiger charge is -2.10. The fraction of sp³-hybridized carbons (Fsp3) is 0.115. The molecule has 0 atom stereocenters. The minimum absolute atomic E-state index is 0.686. The van der Waals surface area contributed by atoms with Crippen LogP contribution in [-0.4, -0.2) is 4.98 Å². The Balaban J connectivity index is 1.84. The lowest BCUT2D eigenvalue weighted by Crippen LogP contribution is -1.91. The first-order chi connectivity index (χ1) is 14.0. The molecule has 3 aromatic carbocycles. The van der Waals surface area contributed by atoms with Crippen LogP contribution in [0.4, 0.5) is 0 Å². The van der Waals surface area contributed by atoms with Crippen LogP contribution in [0.5, 0.6) is 0 Å². The first kappa shape index (κ1) is 15.6. The summed E-state index contributed by atoms with van der Waals surface area (Å²) in [5.74, 6) is -0.686. The van der Waals surface area contributed by atoms with E-state index in [0.717, 1.165) is 49.9 Å². The molecule has 5 aromatic rings. The summed E-state index contributed by atoms with van der Waals surface area (Å²) < 4.78 is 14.7. The number of aromatic nitrogens is 1. The minimum atomic E-state index is -0.686. The monoisotopic (exact) mass is 364 g/mol. The Morgan fingerprint density at radius 2 is 1.61 bits per heavy atom. The summed E-state index contributed by atoms with van der Waals surface area (Å²) in [6, 6.07) is 26.7. The van der Waals surface area contributed by atoms with Gasteiger partial charge in [-0.25, -0.2) is 0 Å². The first-order valence-corrected chi connectivity index (χ1v) is 9.49. The number of fused-ring (bicyclic) bond motifs is 3. The summed E-state index contributed by atoms with van der Waals surface area (Å²) in [6.07, 6.45) is 1.78. The zero-order chi connectivity index (χ0) is 20.0. The molecule has 5 rings (SSSR count). The fourth-order valence-electron chi connectivity index (χ4n) is 3.78. The van der Waals surface area contributed by atoms with Crippen LogP contribution in [0.2, 0.25) is 0 Å². The highest BCUT2D eigenvalue weighted by Crippen LogP contribution is 2.41. The van der Waals surface area contributed by atoms with Gasteiger partial charge >= 0.3 is 0 Å². The predicted molar refractivity (Wildman–Crippen MR) is 116 cm³/mol. The van der Waals surface area contributed by atoms with Crippen molar-refractivity contribution in [2.24, 2.45) is 0 Å². The van der Waals surface area contributed by atoms with Crippen molar-refractivity contribution in [2.75, 3.05) is 0 Å². The van der Waals surface area contributed by atoms with E-state index in [0.29, 0.717) is 0 Å². The Morgan fingerprint density at radius 1 is 0.857 bits per heavy atom. The normalized spacial score (nSPS) is 12.4. The third-order valence-corrected chi connectivity index (χ3v) is 5.22. The zero-order valence-corrected chi connectivity index (χ0v) is 15.9. The largest absolute Gasteiger partial charge is 0.455 e. The van der Waals surface area contributed by atoms with Gasteiger partial charge < -0.3 is 4.42 Å². The van der Waals surface area contributed by atoms with Crippen LogP contribution in [0.25, 0.3) is 44.3 Å². The van der Waals surface area contributed by atoms with E-state index in [1.807, 2.05) is 50.2 Å². The summed E-state index contributed by atoms with van der Waals surface area (Å²) in [4.78, 5) is 4.60. The zero-order valence-electron chi connectivity index (χ0n) is 16.9. The number of nitrogens with zero attached hydrogens (tertiary/aromatic N) is 1. The van der Waals surface area contributed by atoms with Crippen LogP contribution in [0.3, 0.4) is 0 Å². The molecule has 0 bridgehead atoms. The quantitative estimate of drug-likeness (QED) is 0.332. The van der Waals surface area contributed by atoms with E-state index >= 15 is 0 Å². The molecule has 2 nitrogen and oxygen atoms in total. The Kier molecular flexibility index (Phi) is 3.71. The van der Waals surface area contributed by atoms with Gasteiger partial charge in [-0.1, -0.05) is 68.4 Å². The van der Waals surface area contributed by atoms with Crippen molar-refractivity contribution in [3.63, 3.8) is 0 Å². The maximum Gasteiger partial charge on any atom is 0.145 e. The molecule has 0 saturated heterocycles. The number of hydrogen-bond acceptors (Lipinski definition) is 2. The summed E-state index contributed by atoms with van der Waals surface area (Å²) in [5.41, 5.74) is 6.70. The number of pyridine rings is 1. The smallest absolute Gasteiger partial charge is 0.145 e. The van der Waals surface area contributed by atoms with Crippen LogP contribution in [0.1, 0.15) is 26.7 Å². The third-order valence-electron chi connectivity index (χ3n) is 5.22. The molecule has 2 heterocycles. The molecule has 0 fully saturated rings. The van der Waals surface area contributed by atoms with E-state index in [4.69, 9.17) is 5.79 Å². The number of furan rings is 1. The summed E-state index contributed by atoms with van der Waals surface area (Å²) >= 11 is 0. The minimum Gasteiger partial charge on any atom is -0.455 e. The van der Waals surface area contributed by atoms with E-state index in [-0.39, 0.29) is 0 Å². The van der Waals surface area contributed by atoms with Gasteiger partial charge in [-0.15, -0.1) is 0 Å². The van der Waals surface area contributed by atoms with Gasteiger partial charge in [0.05, 0.1) is 5.69 Å². The van der Waals surface area contributed by atoms with Gasteiger partial charge in [0.15, 0.2) is 0 Å². The molecule has 2 heteroatoms. The molecule has 0 aliphatic rings. The second-order valence-corrected chi connectivity index (χ2v) is 7.26. The van der Waals surface area contributed by atoms with Crippen molar-refractivity contribution in [3.8, 4) is 22.4 Å². The first-order valence-electron chi connectivity index (χ1n) is 9.99. The maximum absolute atomic E-state index is 8.38. The van der Waals surface area contributed by atoms with Gasteiger partial charge in [0.25, 0.3) is 0 Å². The van der Waals surface area contributed by atoms with Crippen molar-refractivity contribution in [3.05, 3.63) is 90.6 Å². The molecular weight excluding hydrogens is 342 g/mol. The predicted octanol–water partition coefficient (Wildman–Crippen LogP) is 7.44. The summed E-state index contributed by atoms with van der Waals surface area (Å²) in [5, 5.41) is 2.20. The molecule has 136 valence electrons. The van der Waals surface area contributed by atoms with E-state index in [1.54, 1.807) is 6.20 Å². The molecule has 0 unspecified atom stereocenters. The van der Waals surface area contributed by atoms with Crippen molar-refractivity contribution in [1.82, 2.24) is 4.98 Å². The number of benzene rings is 3. The Morgan fingerprint density at radius 3 is 2.43 bits per heavy atom. The molecule has 0 saturated carbocycles. The molecular formula is C26H21NO. The Bertz CT molecular complexity index is 1330. The SMILES string of the molecule is [2H]C(C)(C)c1ccnc(-c2ccc(-c3ccccc3)c3c2oc2ccccc23)c1. The molecule has 28 heavy (non-hydrogen) atoms. The average Bonchev–Trinajstić information content (AvgIpc) is 3.13. The highest BCUT2D eigenvalue weighted by Gasteiger charge is 2.17. The molecule has 0 spiro atoms. The summed E-state index contributed by atoms with van der Waals surface area (Å²) in [6.45, 7) is 3.78. The molecule has 0 aliphatic heterocycles. The maximum atomic E-state index is 8.38. The van der Waals surface area contributed by atoms with Gasteiger partial charge in [0.2, 0.25) is 0 Å². The Hall–Kier alpha value is -3.39. The highest BCUT2D eigenvalue weighted by molar-refractivity contribution is 6.16. The van der Waals surface area contributed by atoms with Crippen molar-refractivity contribution in [2.45, 2.75) is 19.7 Å². The van der Waals surface area contributed by atoms with Crippen LogP contribution < -0.4 is 0 Å². The molecule has 0 radical (unpaired) electrons. The van der Waals surface area contributed by atoms with Gasteiger partial charge in [0, 0.05) is 23.9 Å². The second kappa shape index (κ2) is 6.65. The highest BCUT2D eigenvalue weighted by atomic mass is 16.3. The molecule has 0 N–H and O–H groups in total. The van der Waals surface area contributed by atoms with Gasteiger partial charge in [-0.05, 0) is 46.8 Å². The number of rotatable bonds is 3. The standard InChI is InChI=1S/C26H21NO/c1-17(2)19-14-15-27-23(16-19)21-13-12-20(18-8-4-3-5-9-18)25-22-10-6-7-11-24(22)28-26(21)25/h3-17H,1-2H3/i17D. The topological polar surface area (TPSA) is 26.0 Å². The van der Waals surface area contributed by atoms with E-state index in [9.17, 15) is 0 Å². The van der Waals surface area contributed by atoms with Crippen molar-refractivity contribution in [1.29, 1.82) is 0 Å². The van der Waals surface area contributed by atoms with Crippen LogP contribution >= 0.6 is 0 Å². The second-order valence-electron chi connectivity index (χ2n) is 7.26. The van der Waals surface area contributed by atoms with E-state index in [2.05, 4.69) is 47.4 Å². The van der Waals surface area contributed by atoms with E-state index in [1.165, 1.54) is 0 Å². The van der Waals surface area contributed by atoms with Crippen LogP contribution in [0, 0.1) is 0 Å². The number of hydrogen-bond donors (Lipinski definition) is 0.